The first-order chi connectivity index (χ1) is 19.0. The molecule has 3 aliphatic rings. The lowest BCUT2D eigenvalue weighted by Crippen LogP contribution is -2.47. The Morgan fingerprint density at radius 1 is 1.00 bits per heavy atom. The predicted octanol–water partition coefficient (Wildman–Crippen LogP) is 5.01. The highest BCUT2D eigenvalue weighted by molar-refractivity contribution is 8.23. The van der Waals surface area contributed by atoms with Gasteiger partial charge in [-0.2, -0.15) is 0 Å². The molecule has 0 spiro atoms. The molecule has 2 aromatic carbocycles. The maximum Gasteiger partial charge on any atom is 0.229 e. The number of aliphatic hydroxyl groups excluding tert-OH is 1. The molecule has 3 fully saturated rings. The molecule has 210 valence electrons. The van der Waals surface area contributed by atoms with Crippen LogP contribution < -0.4 is 0 Å². The van der Waals surface area contributed by atoms with Crippen LogP contribution in [0.3, 0.4) is 0 Å². The number of thioether (sulfide) groups is 2. The number of ether oxygens (including phenoxy) is 2. The molecule has 5 rings (SSSR count). The number of carbonyl (C=O) groups is 1. The highest BCUT2D eigenvalue weighted by Crippen LogP contribution is 2.39. The topological polar surface area (TPSA) is 62.2 Å². The van der Waals surface area contributed by atoms with Gasteiger partial charge in [0.05, 0.1) is 31.3 Å². The first-order valence-electron chi connectivity index (χ1n) is 13.5. The Kier molecular flexibility index (Phi) is 10.5. The quantitative estimate of drug-likeness (QED) is 0.235. The number of hydrogen-bond donors (Lipinski definition) is 2. The molecular formula is C29H36N2O4S4. The van der Waals surface area contributed by atoms with E-state index in [2.05, 4.69) is 12.6 Å². The first kappa shape index (κ1) is 29.2. The minimum Gasteiger partial charge on any atom is -0.373 e. The van der Waals surface area contributed by atoms with Crippen molar-refractivity contribution in [3.8, 4) is 0 Å². The highest BCUT2D eigenvalue weighted by atomic mass is 32.2. The Labute approximate surface area is 250 Å². The molecule has 0 bridgehead atoms. The average molecular weight is 605 g/mol. The van der Waals surface area contributed by atoms with E-state index in [-0.39, 0.29) is 28.6 Å². The highest BCUT2D eigenvalue weighted by Gasteiger charge is 2.45. The number of aliphatic hydroxyl groups is 1. The number of amides is 1. The number of hydrogen-bond acceptors (Lipinski definition) is 8. The van der Waals surface area contributed by atoms with Crippen molar-refractivity contribution in [2.45, 2.75) is 55.6 Å². The molecule has 2 saturated heterocycles. The van der Waals surface area contributed by atoms with Crippen molar-refractivity contribution in [2.75, 3.05) is 24.6 Å². The van der Waals surface area contributed by atoms with Crippen LogP contribution in [-0.4, -0.2) is 72.9 Å². The third-order valence-corrected chi connectivity index (χ3v) is 10.9. The van der Waals surface area contributed by atoms with Crippen LogP contribution in [-0.2, 0) is 27.5 Å². The van der Waals surface area contributed by atoms with E-state index in [0.29, 0.717) is 39.0 Å². The molecular weight excluding hydrogens is 569 g/mol. The van der Waals surface area contributed by atoms with E-state index in [1.807, 2.05) is 70.5 Å². The van der Waals surface area contributed by atoms with E-state index in [1.165, 1.54) is 0 Å². The summed E-state index contributed by atoms with van der Waals surface area (Å²) in [6, 6.07) is 20.1. The Balaban J connectivity index is 1.43. The van der Waals surface area contributed by atoms with Crippen LogP contribution in [0.25, 0.3) is 0 Å². The monoisotopic (exact) mass is 604 g/mol. The Bertz CT molecular complexity index is 1100. The molecule has 1 aliphatic carbocycles. The molecule has 1 N–H and O–H groups in total. The maximum absolute atomic E-state index is 14.0. The number of rotatable bonds is 9. The lowest BCUT2D eigenvalue weighted by atomic mass is 9.93. The fourth-order valence-electron chi connectivity index (χ4n) is 5.62. The molecule has 0 radical (unpaired) electrons. The second-order valence-electron chi connectivity index (χ2n) is 10.2. The zero-order chi connectivity index (χ0) is 27.2. The lowest BCUT2D eigenvalue weighted by molar-refractivity contribution is -0.152. The standard InChI is InChI=1S/C29H36N2O4S4/c32-26(30-13-15-38-28(30)36)22-11-12-23(27(33)31-14-16-39-29(31)37)25(35-19-21-9-5-2-6-10-21)24(17-22)34-18-20-7-3-1-4-8-20/h1-10,22-26,29,32,37H,11-19H2. The summed E-state index contributed by atoms with van der Waals surface area (Å²) in [5.41, 5.74) is 2.11. The van der Waals surface area contributed by atoms with Crippen molar-refractivity contribution in [2.24, 2.45) is 11.8 Å². The maximum atomic E-state index is 14.0. The third kappa shape index (κ3) is 7.33. The summed E-state index contributed by atoms with van der Waals surface area (Å²) < 4.78 is 13.8. The van der Waals surface area contributed by atoms with E-state index in [4.69, 9.17) is 21.7 Å². The van der Waals surface area contributed by atoms with Crippen LogP contribution in [0.5, 0.6) is 0 Å². The summed E-state index contributed by atoms with van der Waals surface area (Å²) in [6.45, 7) is 2.21. The van der Waals surface area contributed by atoms with Crippen molar-refractivity contribution < 1.29 is 19.4 Å². The fraction of sp³-hybridized carbons (Fsp3) is 0.517. The molecule has 10 heteroatoms. The van der Waals surface area contributed by atoms with Crippen LogP contribution in [0, 0.1) is 11.8 Å². The first-order valence-corrected chi connectivity index (χ1v) is 16.5. The molecule has 2 aliphatic heterocycles. The van der Waals surface area contributed by atoms with E-state index in [9.17, 15) is 9.90 Å². The van der Waals surface area contributed by atoms with Crippen molar-refractivity contribution in [3.63, 3.8) is 0 Å². The zero-order valence-electron chi connectivity index (χ0n) is 21.8. The summed E-state index contributed by atoms with van der Waals surface area (Å²) in [4.78, 5) is 17.8. The van der Waals surface area contributed by atoms with Crippen molar-refractivity contribution in [1.82, 2.24) is 9.80 Å². The fourth-order valence-corrected chi connectivity index (χ4v) is 8.35. The second-order valence-corrected chi connectivity index (χ2v) is 14.0. The lowest BCUT2D eigenvalue weighted by Gasteiger charge is -2.35. The largest absolute Gasteiger partial charge is 0.373 e. The second kappa shape index (κ2) is 14.1. The van der Waals surface area contributed by atoms with Crippen LogP contribution in [0.2, 0.25) is 0 Å². The summed E-state index contributed by atoms with van der Waals surface area (Å²) in [7, 11) is 0. The predicted molar refractivity (Wildman–Crippen MR) is 166 cm³/mol. The molecule has 2 aromatic rings. The normalized spacial score (nSPS) is 28.5. The van der Waals surface area contributed by atoms with Gasteiger partial charge in [0.25, 0.3) is 0 Å². The van der Waals surface area contributed by atoms with Gasteiger partial charge >= 0.3 is 0 Å². The van der Waals surface area contributed by atoms with Crippen LogP contribution >= 0.6 is 48.4 Å². The van der Waals surface area contributed by atoms with Crippen molar-refractivity contribution in [3.05, 3.63) is 71.8 Å². The summed E-state index contributed by atoms with van der Waals surface area (Å²) >= 11 is 13.5. The van der Waals surface area contributed by atoms with E-state index < -0.39 is 12.3 Å². The molecule has 1 amide bonds. The van der Waals surface area contributed by atoms with Gasteiger partial charge in [0.1, 0.15) is 15.3 Å². The molecule has 6 unspecified atom stereocenters. The number of thiol groups is 1. The van der Waals surface area contributed by atoms with Gasteiger partial charge in [-0.25, -0.2) is 0 Å². The smallest absolute Gasteiger partial charge is 0.229 e. The molecule has 2 heterocycles. The van der Waals surface area contributed by atoms with Gasteiger partial charge in [0, 0.05) is 30.5 Å². The molecule has 6 nitrogen and oxygen atoms in total. The van der Waals surface area contributed by atoms with Crippen LogP contribution in [0.4, 0.5) is 0 Å². The molecule has 0 aromatic heterocycles. The van der Waals surface area contributed by atoms with Crippen LogP contribution in [0.15, 0.2) is 60.7 Å². The van der Waals surface area contributed by atoms with Crippen molar-refractivity contribution >= 4 is 58.6 Å². The minimum atomic E-state index is -0.709. The average Bonchev–Trinajstić information content (AvgIpc) is 3.54. The number of carbonyl (C=O) groups excluding carboxylic acids is 1. The SMILES string of the molecule is O=C(C1CCC(C(O)N2CCSC2=S)CC(OCc2ccccc2)C1OCc1ccccc1)N1CCSC1S. The Hall–Kier alpha value is -1.27. The summed E-state index contributed by atoms with van der Waals surface area (Å²) in [6.07, 6.45) is 0.350. The Morgan fingerprint density at radius 3 is 2.26 bits per heavy atom. The van der Waals surface area contributed by atoms with E-state index in [0.717, 1.165) is 33.5 Å². The molecule has 6 atom stereocenters. The van der Waals surface area contributed by atoms with E-state index >= 15 is 0 Å². The van der Waals surface area contributed by atoms with Gasteiger partial charge in [-0.1, -0.05) is 84.6 Å². The number of benzene rings is 2. The van der Waals surface area contributed by atoms with E-state index in [1.54, 1.807) is 23.5 Å². The summed E-state index contributed by atoms with van der Waals surface area (Å²) in [5.74, 6) is 1.34. The van der Waals surface area contributed by atoms with Gasteiger partial charge in [0.2, 0.25) is 5.91 Å². The third-order valence-electron chi connectivity index (χ3n) is 7.74. The van der Waals surface area contributed by atoms with Gasteiger partial charge in [0.15, 0.2) is 0 Å². The molecule has 39 heavy (non-hydrogen) atoms. The van der Waals surface area contributed by atoms with Gasteiger partial charge in [-0.05, 0) is 30.4 Å². The van der Waals surface area contributed by atoms with Gasteiger partial charge < -0.3 is 24.4 Å². The molecule has 1 saturated carbocycles. The summed E-state index contributed by atoms with van der Waals surface area (Å²) in [5, 5.41) is 11.5. The van der Waals surface area contributed by atoms with Crippen molar-refractivity contribution in [1.29, 1.82) is 0 Å². The Morgan fingerprint density at radius 2 is 1.67 bits per heavy atom. The number of thiocarbonyl (C=S) groups is 1. The van der Waals surface area contributed by atoms with Gasteiger partial charge in [-0.15, -0.1) is 24.4 Å². The number of nitrogens with zero attached hydrogens (tertiary/aromatic N) is 2. The zero-order valence-corrected chi connectivity index (χ0v) is 25.2. The van der Waals surface area contributed by atoms with Crippen LogP contribution in [0.1, 0.15) is 30.4 Å². The van der Waals surface area contributed by atoms with Gasteiger partial charge in [-0.3, -0.25) is 4.79 Å². The minimum absolute atomic E-state index is 0.0637.